The predicted octanol–water partition coefficient (Wildman–Crippen LogP) is 1.44. The zero-order chi connectivity index (χ0) is 9.11. The van der Waals surface area contributed by atoms with E-state index in [-0.39, 0.29) is 6.47 Å². The molecule has 0 spiro atoms. The maximum absolute atomic E-state index is 8.36. The molecular weight excluding hydrogens is 142 g/mol. The minimum atomic E-state index is -0.250. The Morgan fingerprint density at radius 1 is 1.27 bits per heavy atom. The summed E-state index contributed by atoms with van der Waals surface area (Å²) in [5, 5.41) is 6.89. The van der Waals surface area contributed by atoms with Gasteiger partial charge in [0.25, 0.3) is 6.47 Å². The van der Waals surface area contributed by atoms with Gasteiger partial charge in [-0.15, -0.1) is 0 Å². The van der Waals surface area contributed by atoms with Gasteiger partial charge in [0.15, 0.2) is 0 Å². The second kappa shape index (κ2) is 12.1. The molecule has 1 aliphatic rings. The first-order valence-electron chi connectivity index (χ1n) is 4.07. The quantitative estimate of drug-likeness (QED) is 0.546. The number of carboxylic acid groups (broad SMARTS) is 1. The predicted molar refractivity (Wildman–Crippen MR) is 46.8 cm³/mol. The van der Waals surface area contributed by atoms with Crippen molar-refractivity contribution in [2.24, 2.45) is 0 Å². The van der Waals surface area contributed by atoms with E-state index in [0.29, 0.717) is 0 Å². The van der Waals surface area contributed by atoms with E-state index < -0.39 is 0 Å². The number of likely N-dealkylation sites (tertiary alicyclic amines) is 1. The zero-order valence-corrected chi connectivity index (χ0v) is 7.71. The Bertz CT molecular complexity index is 70.5. The fraction of sp³-hybridized carbons (Fsp3) is 0.875. The Morgan fingerprint density at radius 2 is 1.55 bits per heavy atom. The molecule has 0 amide bonds. The lowest BCUT2D eigenvalue weighted by atomic mass is 10.4. The van der Waals surface area contributed by atoms with Crippen LogP contribution in [0, 0.1) is 0 Å². The molecule has 0 atom stereocenters. The maximum atomic E-state index is 8.36. The third kappa shape index (κ3) is 12.6. The van der Waals surface area contributed by atoms with Crippen LogP contribution in [0.1, 0.15) is 26.7 Å². The van der Waals surface area contributed by atoms with Crippen molar-refractivity contribution in [3.63, 3.8) is 0 Å². The van der Waals surface area contributed by atoms with Crippen molar-refractivity contribution >= 4 is 6.47 Å². The Hall–Kier alpha value is -0.570. The van der Waals surface area contributed by atoms with Gasteiger partial charge in [0.1, 0.15) is 0 Å². The summed E-state index contributed by atoms with van der Waals surface area (Å²) in [6.07, 6.45) is 2.83. The Kier molecular flexibility index (Phi) is 14.4. The molecule has 0 aliphatic carbocycles. The van der Waals surface area contributed by atoms with Gasteiger partial charge in [-0.05, 0) is 33.0 Å². The van der Waals surface area contributed by atoms with Gasteiger partial charge >= 0.3 is 0 Å². The lowest BCUT2D eigenvalue weighted by Gasteiger charge is -2.01. The fourth-order valence-corrected chi connectivity index (χ4v) is 0.875. The summed E-state index contributed by atoms with van der Waals surface area (Å²) in [5.74, 6) is 0. The van der Waals surface area contributed by atoms with E-state index in [1.54, 1.807) is 0 Å². The summed E-state index contributed by atoms with van der Waals surface area (Å²) in [6, 6.07) is 0. The lowest BCUT2D eigenvalue weighted by molar-refractivity contribution is -0.122. The van der Waals surface area contributed by atoms with Crippen LogP contribution in [0.3, 0.4) is 0 Å². The SMILES string of the molecule is CC.CN1CCCC1.O=CO. The molecule has 0 bridgehead atoms. The van der Waals surface area contributed by atoms with Crippen LogP contribution in [0.5, 0.6) is 0 Å². The van der Waals surface area contributed by atoms with Crippen molar-refractivity contribution in [1.29, 1.82) is 0 Å². The van der Waals surface area contributed by atoms with Crippen molar-refractivity contribution in [2.45, 2.75) is 26.7 Å². The molecule has 68 valence electrons. The molecule has 11 heavy (non-hydrogen) atoms. The third-order valence-corrected chi connectivity index (χ3v) is 1.33. The average Bonchev–Trinajstić information content (AvgIpc) is 2.46. The third-order valence-electron chi connectivity index (χ3n) is 1.33. The Labute approximate surface area is 69.0 Å². The summed E-state index contributed by atoms with van der Waals surface area (Å²) >= 11 is 0. The lowest BCUT2D eigenvalue weighted by Crippen LogP contribution is -2.10. The minimum Gasteiger partial charge on any atom is -0.483 e. The molecule has 1 fully saturated rings. The molecule has 1 saturated heterocycles. The van der Waals surface area contributed by atoms with Crippen LogP contribution in [0.4, 0.5) is 0 Å². The summed E-state index contributed by atoms with van der Waals surface area (Å²) in [7, 11) is 2.17. The van der Waals surface area contributed by atoms with E-state index in [4.69, 9.17) is 9.90 Å². The van der Waals surface area contributed by atoms with Crippen molar-refractivity contribution < 1.29 is 9.90 Å². The van der Waals surface area contributed by atoms with E-state index in [2.05, 4.69) is 11.9 Å². The molecule has 0 radical (unpaired) electrons. The van der Waals surface area contributed by atoms with Crippen LogP contribution in [0.2, 0.25) is 0 Å². The van der Waals surface area contributed by atoms with Crippen LogP contribution in [-0.2, 0) is 4.79 Å². The van der Waals surface area contributed by atoms with E-state index >= 15 is 0 Å². The molecule has 0 aromatic carbocycles. The first-order valence-corrected chi connectivity index (χ1v) is 4.07. The second-order valence-corrected chi connectivity index (χ2v) is 2.12. The number of nitrogens with zero attached hydrogens (tertiary/aromatic N) is 1. The summed E-state index contributed by atoms with van der Waals surface area (Å²) in [5.41, 5.74) is 0. The van der Waals surface area contributed by atoms with Gasteiger partial charge in [-0.1, -0.05) is 13.8 Å². The number of hydrogen-bond donors (Lipinski definition) is 1. The monoisotopic (exact) mass is 161 g/mol. The highest BCUT2D eigenvalue weighted by atomic mass is 16.3. The van der Waals surface area contributed by atoms with Gasteiger partial charge in [-0.25, -0.2) is 0 Å². The topological polar surface area (TPSA) is 40.5 Å². The fourth-order valence-electron chi connectivity index (χ4n) is 0.875. The average molecular weight is 161 g/mol. The van der Waals surface area contributed by atoms with Crippen molar-refractivity contribution in [3.8, 4) is 0 Å². The van der Waals surface area contributed by atoms with Gasteiger partial charge in [0.2, 0.25) is 0 Å². The largest absolute Gasteiger partial charge is 0.483 e. The van der Waals surface area contributed by atoms with Crippen LogP contribution in [0.25, 0.3) is 0 Å². The van der Waals surface area contributed by atoms with Gasteiger partial charge in [0.05, 0.1) is 0 Å². The molecule has 3 nitrogen and oxygen atoms in total. The maximum Gasteiger partial charge on any atom is 0.290 e. The van der Waals surface area contributed by atoms with Crippen LogP contribution < -0.4 is 0 Å². The van der Waals surface area contributed by atoms with E-state index in [1.807, 2.05) is 13.8 Å². The van der Waals surface area contributed by atoms with Crippen LogP contribution in [0.15, 0.2) is 0 Å². The second-order valence-electron chi connectivity index (χ2n) is 2.12. The summed E-state index contributed by atoms with van der Waals surface area (Å²) < 4.78 is 0. The van der Waals surface area contributed by atoms with Crippen molar-refractivity contribution in [3.05, 3.63) is 0 Å². The van der Waals surface area contributed by atoms with Gasteiger partial charge in [-0.2, -0.15) is 0 Å². The first-order chi connectivity index (χ1) is 5.31. The summed E-state index contributed by atoms with van der Waals surface area (Å²) in [4.78, 5) is 10.7. The van der Waals surface area contributed by atoms with Crippen LogP contribution >= 0.6 is 0 Å². The highest BCUT2D eigenvalue weighted by Gasteiger charge is 2.03. The van der Waals surface area contributed by atoms with E-state index in [1.165, 1.54) is 25.9 Å². The molecule has 0 aromatic rings. The standard InChI is InChI=1S/C5H11N.C2H6.CH2O2/c1-6-4-2-3-5-6;1-2;2-1-3/h2-5H2,1H3;1-2H3;1H,(H,2,3). The van der Waals surface area contributed by atoms with Gasteiger partial charge in [0, 0.05) is 0 Å². The highest BCUT2D eigenvalue weighted by Crippen LogP contribution is 2.01. The summed E-state index contributed by atoms with van der Waals surface area (Å²) in [6.45, 7) is 6.39. The van der Waals surface area contributed by atoms with Gasteiger partial charge in [-0.3, -0.25) is 4.79 Å². The molecule has 0 saturated carbocycles. The molecular formula is C8H19NO2. The molecule has 1 N–H and O–H groups in total. The molecule has 0 aromatic heterocycles. The van der Waals surface area contributed by atoms with E-state index in [9.17, 15) is 0 Å². The van der Waals surface area contributed by atoms with Crippen molar-refractivity contribution in [2.75, 3.05) is 20.1 Å². The first kappa shape index (κ1) is 13.1. The molecule has 0 unspecified atom stereocenters. The molecule has 1 rings (SSSR count). The smallest absolute Gasteiger partial charge is 0.290 e. The highest BCUT2D eigenvalue weighted by molar-refractivity contribution is 5.32. The van der Waals surface area contributed by atoms with Gasteiger partial charge < -0.3 is 10.0 Å². The molecule has 3 heteroatoms. The molecule has 1 aliphatic heterocycles. The number of carbonyl (C=O) groups is 1. The zero-order valence-electron chi connectivity index (χ0n) is 7.71. The van der Waals surface area contributed by atoms with Crippen molar-refractivity contribution in [1.82, 2.24) is 4.90 Å². The number of hydrogen-bond acceptors (Lipinski definition) is 2. The number of rotatable bonds is 0. The Balaban J connectivity index is 0. The Morgan fingerprint density at radius 3 is 1.64 bits per heavy atom. The van der Waals surface area contributed by atoms with E-state index in [0.717, 1.165) is 0 Å². The van der Waals surface area contributed by atoms with Crippen LogP contribution in [-0.4, -0.2) is 36.6 Å². The minimum absolute atomic E-state index is 0.250. The normalized spacial score (nSPS) is 15.5. The molecule has 1 heterocycles.